The third-order valence-corrected chi connectivity index (χ3v) is 4.28. The molecule has 0 unspecified atom stereocenters. The standard InChI is InChI=1S/C19H27N5O4/c1-5-23(16-8-6-7-15(2)13-16)19-17(24(25)26)18(20-14-21-19)22(9-11-27-3)10-12-28-4/h6-8,13-14H,5,9-12H2,1-4H3. The Labute approximate surface area is 165 Å². The lowest BCUT2D eigenvalue weighted by atomic mass is 10.2. The third-order valence-electron chi connectivity index (χ3n) is 4.28. The van der Waals surface area contributed by atoms with Crippen LogP contribution in [0.3, 0.4) is 0 Å². The summed E-state index contributed by atoms with van der Waals surface area (Å²) in [6.07, 6.45) is 1.36. The second kappa shape index (κ2) is 10.5. The quantitative estimate of drug-likeness (QED) is 0.428. The lowest BCUT2D eigenvalue weighted by Crippen LogP contribution is -2.32. The van der Waals surface area contributed by atoms with Crippen LogP contribution in [0.5, 0.6) is 0 Å². The number of aromatic nitrogens is 2. The molecular weight excluding hydrogens is 362 g/mol. The molecule has 0 N–H and O–H groups in total. The summed E-state index contributed by atoms with van der Waals surface area (Å²) in [6, 6.07) is 7.79. The van der Waals surface area contributed by atoms with E-state index in [4.69, 9.17) is 9.47 Å². The Morgan fingerprint density at radius 1 is 1.11 bits per heavy atom. The molecule has 0 bridgehead atoms. The van der Waals surface area contributed by atoms with E-state index in [0.29, 0.717) is 32.8 Å². The van der Waals surface area contributed by atoms with Crippen molar-refractivity contribution in [3.63, 3.8) is 0 Å². The predicted molar refractivity (Wildman–Crippen MR) is 109 cm³/mol. The molecule has 0 aliphatic carbocycles. The number of hydrogen-bond acceptors (Lipinski definition) is 8. The van der Waals surface area contributed by atoms with Crippen molar-refractivity contribution in [1.82, 2.24) is 9.97 Å². The fraction of sp³-hybridized carbons (Fsp3) is 0.474. The first kappa shape index (κ1) is 21.5. The van der Waals surface area contributed by atoms with Gasteiger partial charge in [-0.15, -0.1) is 0 Å². The van der Waals surface area contributed by atoms with Crippen LogP contribution >= 0.6 is 0 Å². The number of nitro groups is 1. The Bertz CT molecular complexity index is 779. The fourth-order valence-corrected chi connectivity index (χ4v) is 2.93. The van der Waals surface area contributed by atoms with Crippen LogP contribution in [0.4, 0.5) is 23.0 Å². The first-order chi connectivity index (χ1) is 13.5. The van der Waals surface area contributed by atoms with Crippen LogP contribution in [0.2, 0.25) is 0 Å². The van der Waals surface area contributed by atoms with Crippen molar-refractivity contribution in [3.05, 3.63) is 46.3 Å². The van der Waals surface area contributed by atoms with E-state index in [1.165, 1.54) is 6.33 Å². The van der Waals surface area contributed by atoms with Gasteiger partial charge >= 0.3 is 5.69 Å². The summed E-state index contributed by atoms with van der Waals surface area (Å²) in [5.74, 6) is 0.526. The molecule has 1 heterocycles. The molecule has 2 aromatic rings. The van der Waals surface area contributed by atoms with Crippen molar-refractivity contribution >= 4 is 23.0 Å². The molecule has 0 saturated carbocycles. The van der Waals surface area contributed by atoms with Crippen LogP contribution < -0.4 is 9.80 Å². The van der Waals surface area contributed by atoms with Gasteiger partial charge in [-0.05, 0) is 31.5 Å². The van der Waals surface area contributed by atoms with E-state index >= 15 is 0 Å². The summed E-state index contributed by atoms with van der Waals surface area (Å²) >= 11 is 0. The van der Waals surface area contributed by atoms with Gasteiger partial charge in [0.2, 0.25) is 11.6 Å². The Balaban J connectivity index is 2.55. The van der Waals surface area contributed by atoms with Gasteiger partial charge in [0.1, 0.15) is 6.33 Å². The average Bonchev–Trinajstić information content (AvgIpc) is 2.68. The van der Waals surface area contributed by atoms with E-state index in [-0.39, 0.29) is 17.3 Å². The summed E-state index contributed by atoms with van der Waals surface area (Å²) < 4.78 is 10.3. The molecule has 152 valence electrons. The summed E-state index contributed by atoms with van der Waals surface area (Å²) in [6.45, 7) is 6.17. The zero-order chi connectivity index (χ0) is 20.5. The number of rotatable bonds is 11. The second-order valence-corrected chi connectivity index (χ2v) is 6.18. The second-order valence-electron chi connectivity index (χ2n) is 6.18. The zero-order valence-electron chi connectivity index (χ0n) is 16.8. The number of nitrogens with zero attached hydrogens (tertiary/aromatic N) is 5. The van der Waals surface area contributed by atoms with Gasteiger partial charge < -0.3 is 19.3 Å². The highest BCUT2D eigenvalue weighted by Gasteiger charge is 2.30. The normalized spacial score (nSPS) is 10.7. The van der Waals surface area contributed by atoms with Gasteiger partial charge in [0, 0.05) is 39.5 Å². The van der Waals surface area contributed by atoms with Crippen molar-refractivity contribution in [2.45, 2.75) is 13.8 Å². The molecule has 0 aliphatic rings. The van der Waals surface area contributed by atoms with Gasteiger partial charge in [-0.2, -0.15) is 0 Å². The number of benzene rings is 1. The largest absolute Gasteiger partial charge is 0.383 e. The van der Waals surface area contributed by atoms with Crippen molar-refractivity contribution in [2.24, 2.45) is 0 Å². The topological polar surface area (TPSA) is 93.9 Å². The molecule has 1 aromatic carbocycles. The fourth-order valence-electron chi connectivity index (χ4n) is 2.93. The molecule has 0 atom stereocenters. The Kier molecular flexibility index (Phi) is 8.09. The first-order valence-corrected chi connectivity index (χ1v) is 9.09. The number of methoxy groups -OCH3 is 2. The molecule has 0 amide bonds. The van der Waals surface area contributed by atoms with E-state index in [9.17, 15) is 10.1 Å². The van der Waals surface area contributed by atoms with E-state index < -0.39 is 4.92 Å². The minimum atomic E-state index is -0.421. The van der Waals surface area contributed by atoms with Crippen molar-refractivity contribution in [2.75, 3.05) is 56.9 Å². The van der Waals surface area contributed by atoms with Crippen molar-refractivity contribution < 1.29 is 14.4 Å². The lowest BCUT2D eigenvalue weighted by Gasteiger charge is -2.26. The minimum Gasteiger partial charge on any atom is -0.383 e. The maximum absolute atomic E-state index is 12.0. The maximum atomic E-state index is 12.0. The van der Waals surface area contributed by atoms with Crippen LogP contribution in [0.1, 0.15) is 12.5 Å². The molecular formula is C19H27N5O4. The van der Waals surface area contributed by atoms with Gasteiger partial charge in [0.05, 0.1) is 18.1 Å². The van der Waals surface area contributed by atoms with Gasteiger partial charge in [-0.25, -0.2) is 9.97 Å². The molecule has 2 rings (SSSR count). The SMILES string of the molecule is CCN(c1cccc(C)c1)c1ncnc(N(CCOC)CCOC)c1[N+](=O)[O-]. The van der Waals surface area contributed by atoms with Gasteiger partial charge in [0.25, 0.3) is 0 Å². The number of anilines is 3. The van der Waals surface area contributed by atoms with Crippen LogP contribution in [-0.4, -0.2) is 62.0 Å². The summed E-state index contributed by atoms with van der Waals surface area (Å²) in [4.78, 5) is 23.7. The Hall–Kier alpha value is -2.78. The summed E-state index contributed by atoms with van der Waals surface area (Å²) in [7, 11) is 3.18. The molecule has 0 fully saturated rings. The predicted octanol–water partition coefficient (Wildman–Crippen LogP) is 2.95. The Morgan fingerprint density at radius 3 is 2.29 bits per heavy atom. The lowest BCUT2D eigenvalue weighted by molar-refractivity contribution is -0.383. The minimum absolute atomic E-state index is 0.127. The molecule has 1 aromatic heterocycles. The Morgan fingerprint density at radius 2 is 1.75 bits per heavy atom. The van der Waals surface area contributed by atoms with Gasteiger partial charge in [0.15, 0.2) is 0 Å². The number of hydrogen-bond donors (Lipinski definition) is 0. The van der Waals surface area contributed by atoms with Gasteiger partial charge in [-0.1, -0.05) is 12.1 Å². The van der Waals surface area contributed by atoms with Crippen LogP contribution in [-0.2, 0) is 9.47 Å². The molecule has 0 saturated heterocycles. The van der Waals surface area contributed by atoms with E-state index in [0.717, 1.165) is 11.3 Å². The molecule has 0 radical (unpaired) electrons. The molecule has 9 heteroatoms. The van der Waals surface area contributed by atoms with Crippen LogP contribution in [0, 0.1) is 17.0 Å². The highest BCUT2D eigenvalue weighted by molar-refractivity contribution is 5.76. The van der Waals surface area contributed by atoms with Crippen LogP contribution in [0.25, 0.3) is 0 Å². The maximum Gasteiger partial charge on any atom is 0.353 e. The average molecular weight is 389 g/mol. The molecule has 0 spiro atoms. The number of aryl methyl sites for hydroxylation is 1. The molecule has 9 nitrogen and oxygen atoms in total. The highest BCUT2D eigenvalue weighted by atomic mass is 16.6. The zero-order valence-corrected chi connectivity index (χ0v) is 16.8. The van der Waals surface area contributed by atoms with Crippen LogP contribution in [0.15, 0.2) is 30.6 Å². The monoisotopic (exact) mass is 389 g/mol. The van der Waals surface area contributed by atoms with E-state index in [2.05, 4.69) is 9.97 Å². The molecule has 0 aliphatic heterocycles. The first-order valence-electron chi connectivity index (χ1n) is 9.09. The van der Waals surface area contributed by atoms with E-state index in [1.807, 2.05) is 43.0 Å². The summed E-state index contributed by atoms with van der Waals surface area (Å²) in [5, 5.41) is 12.0. The third kappa shape index (κ3) is 5.14. The van der Waals surface area contributed by atoms with Gasteiger partial charge in [-0.3, -0.25) is 10.1 Å². The highest BCUT2D eigenvalue weighted by Crippen LogP contribution is 2.37. The smallest absolute Gasteiger partial charge is 0.353 e. The van der Waals surface area contributed by atoms with E-state index in [1.54, 1.807) is 19.1 Å². The van der Waals surface area contributed by atoms with Crippen molar-refractivity contribution in [1.29, 1.82) is 0 Å². The van der Waals surface area contributed by atoms with Crippen molar-refractivity contribution in [3.8, 4) is 0 Å². The molecule has 28 heavy (non-hydrogen) atoms. The summed E-state index contributed by atoms with van der Waals surface area (Å²) in [5.41, 5.74) is 1.78. The number of ether oxygens (including phenoxy) is 2.